The number of amides is 1. The van der Waals surface area contributed by atoms with Crippen LogP contribution in [-0.4, -0.2) is 35.3 Å². The molecule has 1 aliphatic heterocycles. The summed E-state index contributed by atoms with van der Waals surface area (Å²) in [5.74, 6) is 0.359. The molecule has 1 aromatic carbocycles. The van der Waals surface area contributed by atoms with E-state index in [-0.39, 0.29) is 17.7 Å². The molecule has 0 aliphatic carbocycles. The number of fused-ring (bicyclic) bond motifs is 1. The number of carbonyl (C=O) groups is 1. The number of hydrogen-bond acceptors (Lipinski definition) is 6. The number of carbonyl (C=O) groups excluding carboxylic acids is 1. The Bertz CT molecular complexity index is 962. The zero-order valence-corrected chi connectivity index (χ0v) is 16.1. The van der Waals surface area contributed by atoms with Gasteiger partial charge in [-0.1, -0.05) is 28.1 Å². The van der Waals surface area contributed by atoms with Crippen molar-refractivity contribution < 1.29 is 14.1 Å². The number of benzene rings is 1. The van der Waals surface area contributed by atoms with Crippen molar-refractivity contribution in [3.8, 4) is 0 Å². The first-order valence-corrected chi connectivity index (χ1v) is 9.65. The molecule has 2 aromatic heterocycles. The van der Waals surface area contributed by atoms with E-state index in [0.29, 0.717) is 22.5 Å². The van der Waals surface area contributed by atoms with Crippen molar-refractivity contribution in [1.29, 1.82) is 0 Å². The van der Waals surface area contributed by atoms with E-state index >= 15 is 0 Å². The zero-order valence-electron chi connectivity index (χ0n) is 14.5. The summed E-state index contributed by atoms with van der Waals surface area (Å²) in [5.41, 5.74) is 2.00. The van der Waals surface area contributed by atoms with Gasteiger partial charge in [-0.15, -0.1) is 0 Å². The maximum absolute atomic E-state index is 13.1. The molecule has 1 unspecified atom stereocenters. The van der Waals surface area contributed by atoms with E-state index in [9.17, 15) is 4.79 Å². The molecule has 0 radical (unpaired) electrons. The first kappa shape index (κ1) is 17.5. The molecule has 4 rings (SSSR count). The molecule has 1 atom stereocenters. The van der Waals surface area contributed by atoms with E-state index in [4.69, 9.17) is 25.8 Å². The Labute approximate surface area is 159 Å². The van der Waals surface area contributed by atoms with Gasteiger partial charge in [0.25, 0.3) is 5.91 Å². The van der Waals surface area contributed by atoms with Crippen molar-refractivity contribution in [3.63, 3.8) is 0 Å². The number of nitrogens with zero attached hydrogens (tertiary/aromatic N) is 3. The lowest BCUT2D eigenvalue weighted by Gasteiger charge is -2.21. The minimum atomic E-state index is -0.236. The molecule has 1 amide bonds. The van der Waals surface area contributed by atoms with Gasteiger partial charge in [-0.2, -0.15) is 0 Å². The molecular formula is C18H18ClN3O3S. The summed E-state index contributed by atoms with van der Waals surface area (Å²) in [6, 6.07) is 5.43. The summed E-state index contributed by atoms with van der Waals surface area (Å²) in [5, 5.41) is 5.15. The second-order valence-corrected chi connectivity index (χ2v) is 7.81. The van der Waals surface area contributed by atoms with E-state index in [0.717, 1.165) is 35.2 Å². The van der Waals surface area contributed by atoms with Crippen LogP contribution in [0.15, 0.2) is 22.7 Å². The van der Waals surface area contributed by atoms with Crippen LogP contribution in [0.3, 0.4) is 0 Å². The van der Waals surface area contributed by atoms with Crippen LogP contribution in [0.4, 0.5) is 5.13 Å². The van der Waals surface area contributed by atoms with Gasteiger partial charge in [0.2, 0.25) is 0 Å². The highest BCUT2D eigenvalue weighted by Crippen LogP contribution is 2.34. The lowest BCUT2D eigenvalue weighted by atomic mass is 10.2. The van der Waals surface area contributed by atoms with Gasteiger partial charge >= 0.3 is 0 Å². The fourth-order valence-electron chi connectivity index (χ4n) is 3.05. The highest BCUT2D eigenvalue weighted by Gasteiger charge is 2.29. The average molecular weight is 392 g/mol. The number of aryl methyl sites for hydroxylation is 2. The Hall–Kier alpha value is -1.96. The van der Waals surface area contributed by atoms with E-state index in [1.54, 1.807) is 17.9 Å². The second kappa shape index (κ2) is 6.98. The van der Waals surface area contributed by atoms with Gasteiger partial charge in [0.1, 0.15) is 5.76 Å². The van der Waals surface area contributed by atoms with Gasteiger partial charge in [0.05, 0.1) is 22.9 Å². The fourth-order valence-corrected chi connectivity index (χ4v) is 4.23. The molecule has 3 aromatic rings. The molecule has 0 spiro atoms. The molecular weight excluding hydrogens is 374 g/mol. The van der Waals surface area contributed by atoms with Crippen LogP contribution in [0.25, 0.3) is 10.2 Å². The SMILES string of the molecule is Cc1cc(C(=O)N(CC2CCCO2)c2nc3c(C)c(Cl)ccc3s2)no1. The fraction of sp³-hybridized carbons (Fsp3) is 0.389. The summed E-state index contributed by atoms with van der Waals surface area (Å²) in [4.78, 5) is 19.4. The minimum absolute atomic E-state index is 0.00338. The molecule has 6 nitrogen and oxygen atoms in total. The molecule has 3 heterocycles. The summed E-state index contributed by atoms with van der Waals surface area (Å²) in [6.07, 6.45) is 1.94. The monoisotopic (exact) mass is 391 g/mol. The summed E-state index contributed by atoms with van der Waals surface area (Å²) >= 11 is 7.68. The Balaban J connectivity index is 1.74. The van der Waals surface area contributed by atoms with E-state index in [2.05, 4.69) is 5.16 Å². The van der Waals surface area contributed by atoms with E-state index in [1.807, 2.05) is 19.1 Å². The van der Waals surface area contributed by atoms with Gasteiger partial charge in [-0.3, -0.25) is 9.69 Å². The molecule has 1 saturated heterocycles. The van der Waals surface area contributed by atoms with Crippen molar-refractivity contribution in [2.24, 2.45) is 0 Å². The van der Waals surface area contributed by atoms with Gasteiger partial charge in [-0.25, -0.2) is 4.98 Å². The van der Waals surface area contributed by atoms with Gasteiger partial charge in [0, 0.05) is 17.7 Å². The maximum Gasteiger partial charge on any atom is 0.282 e. The number of thiazole rings is 1. The van der Waals surface area contributed by atoms with Gasteiger partial charge < -0.3 is 9.26 Å². The van der Waals surface area contributed by atoms with E-state index in [1.165, 1.54) is 11.3 Å². The number of rotatable bonds is 4. The predicted molar refractivity (Wildman–Crippen MR) is 101 cm³/mol. The Morgan fingerprint density at radius 3 is 2.96 bits per heavy atom. The summed E-state index contributed by atoms with van der Waals surface area (Å²) in [7, 11) is 0. The lowest BCUT2D eigenvalue weighted by Crippen LogP contribution is -2.37. The normalized spacial score (nSPS) is 17.1. The molecule has 0 N–H and O–H groups in total. The highest BCUT2D eigenvalue weighted by molar-refractivity contribution is 7.22. The highest BCUT2D eigenvalue weighted by atomic mass is 35.5. The number of ether oxygens (including phenoxy) is 1. The zero-order chi connectivity index (χ0) is 18.3. The van der Waals surface area contributed by atoms with E-state index < -0.39 is 0 Å². The lowest BCUT2D eigenvalue weighted by molar-refractivity contribution is 0.0910. The third-order valence-electron chi connectivity index (χ3n) is 4.47. The Morgan fingerprint density at radius 2 is 2.27 bits per heavy atom. The molecule has 26 heavy (non-hydrogen) atoms. The Morgan fingerprint density at radius 1 is 1.42 bits per heavy atom. The molecule has 136 valence electrons. The minimum Gasteiger partial charge on any atom is -0.376 e. The third-order valence-corrected chi connectivity index (χ3v) is 5.92. The van der Waals surface area contributed by atoms with Crippen LogP contribution in [-0.2, 0) is 4.74 Å². The van der Waals surface area contributed by atoms with Crippen LogP contribution < -0.4 is 4.90 Å². The molecule has 0 bridgehead atoms. The number of anilines is 1. The molecule has 1 fully saturated rings. The predicted octanol–water partition coefficient (Wildman–Crippen LogP) is 4.38. The number of halogens is 1. The van der Waals surface area contributed by atoms with Crippen molar-refractivity contribution in [1.82, 2.24) is 10.1 Å². The van der Waals surface area contributed by atoms with Crippen molar-refractivity contribution in [2.45, 2.75) is 32.8 Å². The van der Waals surface area contributed by atoms with Crippen LogP contribution in [0, 0.1) is 13.8 Å². The molecule has 8 heteroatoms. The topological polar surface area (TPSA) is 68.5 Å². The van der Waals surface area contributed by atoms with Crippen molar-refractivity contribution in [2.75, 3.05) is 18.1 Å². The van der Waals surface area contributed by atoms with Crippen LogP contribution in [0.2, 0.25) is 5.02 Å². The summed E-state index contributed by atoms with van der Waals surface area (Å²) in [6.45, 7) is 4.86. The largest absolute Gasteiger partial charge is 0.376 e. The maximum atomic E-state index is 13.1. The number of hydrogen-bond donors (Lipinski definition) is 0. The molecule has 0 saturated carbocycles. The quantitative estimate of drug-likeness (QED) is 0.660. The van der Waals surface area contributed by atoms with Gasteiger partial charge in [0.15, 0.2) is 10.8 Å². The molecule has 1 aliphatic rings. The van der Waals surface area contributed by atoms with Gasteiger partial charge in [-0.05, 0) is 44.4 Å². The Kier molecular flexibility index (Phi) is 4.69. The first-order chi connectivity index (χ1) is 12.5. The van der Waals surface area contributed by atoms with Crippen LogP contribution >= 0.6 is 22.9 Å². The second-order valence-electron chi connectivity index (χ2n) is 6.39. The van der Waals surface area contributed by atoms with Crippen molar-refractivity contribution in [3.05, 3.63) is 40.2 Å². The standard InChI is InChI=1S/C18H18ClN3O3S/c1-10-8-14(21-25-10)17(23)22(9-12-4-3-7-24-12)18-20-16-11(2)13(19)5-6-15(16)26-18/h5-6,8,12H,3-4,7,9H2,1-2H3. The third kappa shape index (κ3) is 3.22. The average Bonchev–Trinajstić information content (AvgIpc) is 3.36. The van der Waals surface area contributed by atoms with Crippen molar-refractivity contribution >= 4 is 44.2 Å². The number of aromatic nitrogens is 2. The summed E-state index contributed by atoms with van der Waals surface area (Å²) < 4.78 is 11.8. The first-order valence-electron chi connectivity index (χ1n) is 8.45. The van der Waals surface area contributed by atoms with Crippen LogP contribution in [0.1, 0.15) is 34.7 Å². The van der Waals surface area contributed by atoms with Crippen LogP contribution in [0.5, 0.6) is 0 Å². The smallest absolute Gasteiger partial charge is 0.282 e.